The minimum atomic E-state index is -3.32. The maximum atomic E-state index is 13.8. The van der Waals surface area contributed by atoms with Gasteiger partial charge in [0.15, 0.2) is 0 Å². The van der Waals surface area contributed by atoms with Crippen LogP contribution < -0.4 is 10.0 Å². The van der Waals surface area contributed by atoms with Gasteiger partial charge in [0.2, 0.25) is 10.0 Å². The van der Waals surface area contributed by atoms with Crippen molar-refractivity contribution >= 4 is 39.0 Å². The second-order valence-electron chi connectivity index (χ2n) is 7.44. The molecular weight excluding hydrogens is 417 g/mol. The molecule has 1 aromatic carbocycles. The largest absolute Gasteiger partial charge is 0.299 e. The fourth-order valence-electron chi connectivity index (χ4n) is 4.19. The normalized spacial score (nSPS) is 30.2. The number of halogens is 1. The molecule has 3 unspecified atom stereocenters. The predicted molar refractivity (Wildman–Crippen MR) is 109 cm³/mol. The zero-order chi connectivity index (χ0) is 20.6. The van der Waals surface area contributed by atoms with E-state index in [1.165, 1.54) is 18.2 Å². The lowest BCUT2D eigenvalue weighted by atomic mass is 9.87. The number of nitrogens with one attached hydrogen (secondary N) is 2. The van der Waals surface area contributed by atoms with Crippen LogP contribution in [-0.4, -0.2) is 49.0 Å². The summed E-state index contributed by atoms with van der Waals surface area (Å²) in [4.78, 5) is 26.0. The van der Waals surface area contributed by atoms with Gasteiger partial charge in [0.1, 0.15) is 5.82 Å². The summed E-state index contributed by atoms with van der Waals surface area (Å²) in [7, 11) is -3.32. The third kappa shape index (κ3) is 4.11. The number of carbonyl (C=O) groups excluding carboxylic acids is 2. The minimum Gasteiger partial charge on any atom is -0.299 e. The molecule has 2 amide bonds. The molecule has 0 aromatic heterocycles. The SMILES string of the molecule is O=C1S/C(=C/c2ccccc2F)C(=O)N1CCNC1NS(=O)(=O)C2CCCCC12. The summed E-state index contributed by atoms with van der Waals surface area (Å²) < 4.78 is 41.0. The molecule has 3 fully saturated rings. The van der Waals surface area contributed by atoms with Crippen LogP contribution in [0.5, 0.6) is 0 Å². The Bertz CT molecular complexity index is 966. The lowest BCUT2D eigenvalue weighted by Crippen LogP contribution is -2.46. The van der Waals surface area contributed by atoms with E-state index in [0.29, 0.717) is 6.42 Å². The van der Waals surface area contributed by atoms with Crippen molar-refractivity contribution in [3.05, 3.63) is 40.6 Å². The van der Waals surface area contributed by atoms with E-state index in [9.17, 15) is 22.4 Å². The number of thioether (sulfide) groups is 1. The Morgan fingerprint density at radius 2 is 2.00 bits per heavy atom. The molecule has 3 aliphatic rings. The van der Waals surface area contributed by atoms with Crippen LogP contribution >= 0.6 is 11.8 Å². The van der Waals surface area contributed by atoms with E-state index in [4.69, 9.17) is 0 Å². The van der Waals surface area contributed by atoms with E-state index < -0.39 is 27.0 Å². The molecule has 156 valence electrons. The number of imide groups is 1. The lowest BCUT2D eigenvalue weighted by Gasteiger charge is -2.27. The van der Waals surface area contributed by atoms with Crippen molar-refractivity contribution in [1.29, 1.82) is 0 Å². The van der Waals surface area contributed by atoms with Crippen LogP contribution in [0.3, 0.4) is 0 Å². The zero-order valence-corrected chi connectivity index (χ0v) is 17.3. The summed E-state index contributed by atoms with van der Waals surface area (Å²) >= 11 is 0.779. The Morgan fingerprint density at radius 1 is 1.24 bits per heavy atom. The van der Waals surface area contributed by atoms with Crippen molar-refractivity contribution in [2.24, 2.45) is 5.92 Å². The van der Waals surface area contributed by atoms with Crippen molar-refractivity contribution in [2.45, 2.75) is 37.1 Å². The smallest absolute Gasteiger partial charge is 0.293 e. The summed E-state index contributed by atoms with van der Waals surface area (Å²) in [6, 6.07) is 6.04. The van der Waals surface area contributed by atoms with Gasteiger partial charge in [-0.15, -0.1) is 0 Å². The fraction of sp³-hybridized carbons (Fsp3) is 0.474. The van der Waals surface area contributed by atoms with Crippen LogP contribution in [0.4, 0.5) is 9.18 Å². The third-order valence-electron chi connectivity index (χ3n) is 5.64. The zero-order valence-electron chi connectivity index (χ0n) is 15.6. The maximum absolute atomic E-state index is 13.8. The van der Waals surface area contributed by atoms with Gasteiger partial charge in [-0.2, -0.15) is 4.72 Å². The lowest BCUT2D eigenvalue weighted by molar-refractivity contribution is -0.122. The molecule has 4 rings (SSSR count). The van der Waals surface area contributed by atoms with Gasteiger partial charge in [0, 0.05) is 24.6 Å². The average Bonchev–Trinajstić information content (AvgIpc) is 3.11. The summed E-state index contributed by atoms with van der Waals surface area (Å²) in [5, 5.41) is 2.37. The van der Waals surface area contributed by atoms with Crippen molar-refractivity contribution in [2.75, 3.05) is 13.1 Å². The molecular formula is C19H22FN3O4S2. The van der Waals surface area contributed by atoms with Gasteiger partial charge in [0.05, 0.1) is 16.3 Å². The van der Waals surface area contributed by atoms with Crippen LogP contribution in [0.25, 0.3) is 6.08 Å². The predicted octanol–water partition coefficient (Wildman–Crippen LogP) is 2.27. The van der Waals surface area contributed by atoms with Crippen molar-refractivity contribution in [3.63, 3.8) is 0 Å². The van der Waals surface area contributed by atoms with Gasteiger partial charge in [-0.05, 0) is 36.7 Å². The molecule has 2 saturated heterocycles. The molecule has 0 radical (unpaired) electrons. The van der Waals surface area contributed by atoms with Crippen LogP contribution in [0, 0.1) is 11.7 Å². The van der Waals surface area contributed by atoms with Crippen molar-refractivity contribution in [1.82, 2.24) is 14.9 Å². The quantitative estimate of drug-likeness (QED) is 0.684. The van der Waals surface area contributed by atoms with E-state index >= 15 is 0 Å². The number of sulfonamides is 1. The second kappa shape index (κ2) is 8.17. The van der Waals surface area contributed by atoms with Gasteiger partial charge in [-0.25, -0.2) is 12.8 Å². The number of fused-ring (bicyclic) bond motifs is 1. The second-order valence-corrected chi connectivity index (χ2v) is 10.4. The van der Waals surface area contributed by atoms with Gasteiger partial charge < -0.3 is 0 Å². The number of benzene rings is 1. The van der Waals surface area contributed by atoms with Gasteiger partial charge in [0.25, 0.3) is 11.1 Å². The molecule has 10 heteroatoms. The maximum Gasteiger partial charge on any atom is 0.293 e. The van der Waals surface area contributed by atoms with E-state index in [-0.39, 0.29) is 40.9 Å². The molecule has 29 heavy (non-hydrogen) atoms. The first-order valence-corrected chi connectivity index (χ1v) is 12.0. The van der Waals surface area contributed by atoms with Crippen LogP contribution in [-0.2, 0) is 14.8 Å². The van der Waals surface area contributed by atoms with Crippen LogP contribution in [0.1, 0.15) is 31.2 Å². The summed E-state index contributed by atoms with van der Waals surface area (Å²) in [6.07, 6.45) is 4.43. The number of nitrogens with zero attached hydrogens (tertiary/aromatic N) is 1. The Balaban J connectivity index is 1.37. The Hall–Kier alpha value is -1.75. The van der Waals surface area contributed by atoms with E-state index in [2.05, 4.69) is 10.0 Å². The number of carbonyl (C=O) groups is 2. The molecule has 2 heterocycles. The molecule has 2 N–H and O–H groups in total. The van der Waals surface area contributed by atoms with Gasteiger partial charge in [-0.1, -0.05) is 31.0 Å². The highest BCUT2D eigenvalue weighted by Gasteiger charge is 2.47. The van der Waals surface area contributed by atoms with Crippen LogP contribution in [0.2, 0.25) is 0 Å². The van der Waals surface area contributed by atoms with Gasteiger partial charge in [-0.3, -0.25) is 19.8 Å². The van der Waals surface area contributed by atoms with E-state index in [0.717, 1.165) is 35.9 Å². The third-order valence-corrected chi connectivity index (χ3v) is 8.51. The number of hydrogen-bond donors (Lipinski definition) is 2. The minimum absolute atomic E-state index is 0.00428. The molecule has 1 aliphatic carbocycles. The average molecular weight is 440 g/mol. The fourth-order valence-corrected chi connectivity index (χ4v) is 7.07. The molecule has 3 atom stereocenters. The van der Waals surface area contributed by atoms with Gasteiger partial charge >= 0.3 is 0 Å². The molecule has 2 aliphatic heterocycles. The topological polar surface area (TPSA) is 95.6 Å². The highest BCUT2D eigenvalue weighted by molar-refractivity contribution is 8.18. The highest BCUT2D eigenvalue weighted by Crippen LogP contribution is 2.36. The summed E-state index contributed by atoms with van der Waals surface area (Å²) in [5.41, 5.74) is 0.250. The Kier molecular flexibility index (Phi) is 5.78. The van der Waals surface area contributed by atoms with E-state index in [1.54, 1.807) is 12.1 Å². The summed E-state index contributed by atoms with van der Waals surface area (Å²) in [5.74, 6) is -0.922. The highest BCUT2D eigenvalue weighted by atomic mass is 32.2. The molecule has 0 spiro atoms. The number of hydrogen-bond acceptors (Lipinski definition) is 6. The van der Waals surface area contributed by atoms with E-state index in [1.807, 2.05) is 0 Å². The van der Waals surface area contributed by atoms with Crippen LogP contribution in [0.15, 0.2) is 29.2 Å². The molecule has 1 aromatic rings. The molecule has 0 bridgehead atoms. The standard InChI is InChI=1S/C19H22FN3O4S2/c20-14-7-3-1-5-12(14)11-15-18(24)23(19(25)28-15)10-9-21-17-13-6-2-4-8-16(13)29(26,27)22-17/h1,3,5,7,11,13,16-17,21-22H,2,4,6,8-10H2/b15-11+. The molecule has 7 nitrogen and oxygen atoms in total. The number of amides is 2. The van der Waals surface area contributed by atoms with Crippen molar-refractivity contribution < 1.29 is 22.4 Å². The first kappa shape index (κ1) is 20.5. The Morgan fingerprint density at radius 3 is 2.79 bits per heavy atom. The Labute approximate surface area is 173 Å². The first-order valence-electron chi connectivity index (χ1n) is 9.61. The monoisotopic (exact) mass is 439 g/mol. The first-order chi connectivity index (χ1) is 13.9. The number of rotatable bonds is 5. The summed E-state index contributed by atoms with van der Waals surface area (Å²) in [6.45, 7) is 0.399. The van der Waals surface area contributed by atoms with Crippen molar-refractivity contribution in [3.8, 4) is 0 Å². The molecule has 1 saturated carbocycles.